The molecule has 7 heteroatoms. The van der Waals surface area contributed by atoms with Crippen LogP contribution in [0.25, 0.3) is 0 Å². The highest BCUT2D eigenvalue weighted by atomic mass is 32.2. The van der Waals surface area contributed by atoms with Crippen molar-refractivity contribution in [1.29, 1.82) is 0 Å². The summed E-state index contributed by atoms with van der Waals surface area (Å²) in [5.74, 6) is -0.778. The zero-order valence-electron chi connectivity index (χ0n) is 15.6. The predicted octanol–water partition coefficient (Wildman–Crippen LogP) is 4.48. The monoisotopic (exact) mass is 414 g/mol. The topological polar surface area (TPSA) is 50.3 Å². The molecule has 1 aliphatic heterocycles. The minimum Gasteiger partial charge on any atom is -0.256 e. The largest absolute Gasteiger partial charge is 0.256 e. The molecule has 4 rings (SSSR count). The Morgan fingerprint density at radius 3 is 2.48 bits per heavy atom. The van der Waals surface area contributed by atoms with Gasteiger partial charge in [0.15, 0.2) is 0 Å². The summed E-state index contributed by atoms with van der Waals surface area (Å²) in [5.41, 5.74) is 2.22. The Balaban J connectivity index is 1.61. The number of halogens is 2. The maximum absolute atomic E-state index is 13.4. The molecule has 0 spiro atoms. The van der Waals surface area contributed by atoms with E-state index in [-0.39, 0.29) is 16.8 Å². The van der Waals surface area contributed by atoms with Crippen molar-refractivity contribution in [3.05, 3.63) is 95.3 Å². The zero-order chi connectivity index (χ0) is 20.4. The molecule has 0 saturated carbocycles. The Morgan fingerprint density at radius 2 is 1.72 bits per heavy atom. The summed E-state index contributed by atoms with van der Waals surface area (Å²) in [7, 11) is -3.75. The summed E-state index contributed by atoms with van der Waals surface area (Å²) < 4.78 is 54.2. The molecule has 1 aliphatic rings. The molecule has 3 aromatic rings. The average Bonchev–Trinajstić information content (AvgIpc) is 3.19. The molecule has 1 fully saturated rings. The van der Waals surface area contributed by atoms with Crippen molar-refractivity contribution in [2.75, 3.05) is 6.54 Å². The van der Waals surface area contributed by atoms with E-state index < -0.39 is 15.8 Å². The molecule has 29 heavy (non-hydrogen) atoms. The van der Waals surface area contributed by atoms with Gasteiger partial charge in [0.2, 0.25) is 10.0 Å². The molecule has 2 heterocycles. The lowest BCUT2D eigenvalue weighted by molar-refractivity contribution is 0.390. The third-order valence-corrected chi connectivity index (χ3v) is 6.99. The summed E-state index contributed by atoms with van der Waals surface area (Å²) in [6, 6.07) is 16.4. The van der Waals surface area contributed by atoms with Crippen LogP contribution in [0.15, 0.2) is 71.6 Å². The maximum atomic E-state index is 13.4. The molecule has 1 aromatic heterocycles. The van der Waals surface area contributed by atoms with E-state index in [1.807, 2.05) is 24.3 Å². The van der Waals surface area contributed by atoms with Gasteiger partial charge in [0.05, 0.1) is 16.6 Å². The molecular weight excluding hydrogens is 394 g/mol. The van der Waals surface area contributed by atoms with Gasteiger partial charge in [0.1, 0.15) is 11.6 Å². The highest BCUT2D eigenvalue weighted by Crippen LogP contribution is 2.35. The van der Waals surface area contributed by atoms with E-state index in [4.69, 9.17) is 0 Å². The average molecular weight is 414 g/mol. The van der Waals surface area contributed by atoms with E-state index in [9.17, 15) is 17.2 Å². The van der Waals surface area contributed by atoms with Crippen LogP contribution >= 0.6 is 0 Å². The normalized spacial score (nSPS) is 17.5. The van der Waals surface area contributed by atoms with E-state index in [0.29, 0.717) is 25.1 Å². The summed E-state index contributed by atoms with van der Waals surface area (Å²) in [4.78, 5) is 4.73. The molecule has 4 nitrogen and oxygen atoms in total. The second-order valence-corrected chi connectivity index (χ2v) is 8.98. The lowest BCUT2D eigenvalue weighted by Gasteiger charge is -2.24. The van der Waals surface area contributed by atoms with Crippen molar-refractivity contribution in [2.45, 2.75) is 30.2 Å². The van der Waals surface area contributed by atoms with Gasteiger partial charge in [-0.3, -0.25) is 4.98 Å². The molecule has 0 radical (unpaired) electrons. The summed E-state index contributed by atoms with van der Waals surface area (Å²) in [6.45, 7) is 0.389. The minimum absolute atomic E-state index is 0.0710. The van der Waals surface area contributed by atoms with E-state index in [2.05, 4.69) is 4.98 Å². The highest BCUT2D eigenvalue weighted by molar-refractivity contribution is 7.89. The number of hydrogen-bond acceptors (Lipinski definition) is 3. The molecule has 0 unspecified atom stereocenters. The van der Waals surface area contributed by atoms with Crippen LogP contribution in [0.2, 0.25) is 0 Å². The Kier molecular flexibility index (Phi) is 5.43. The van der Waals surface area contributed by atoms with Crippen LogP contribution in [0.3, 0.4) is 0 Å². The fourth-order valence-electron chi connectivity index (χ4n) is 3.70. The second kappa shape index (κ2) is 8.00. The molecule has 0 amide bonds. The van der Waals surface area contributed by atoms with E-state index >= 15 is 0 Å². The summed E-state index contributed by atoms with van der Waals surface area (Å²) in [5, 5.41) is 0. The molecule has 0 N–H and O–H groups in total. The first-order valence-electron chi connectivity index (χ1n) is 9.41. The van der Waals surface area contributed by atoms with Gasteiger partial charge in [-0.15, -0.1) is 0 Å². The van der Waals surface area contributed by atoms with Crippen molar-refractivity contribution in [3.63, 3.8) is 0 Å². The molecule has 0 aliphatic carbocycles. The number of benzene rings is 2. The van der Waals surface area contributed by atoms with Crippen LogP contribution in [0.4, 0.5) is 8.78 Å². The van der Waals surface area contributed by atoms with Gasteiger partial charge in [-0.05, 0) is 66.9 Å². The second-order valence-electron chi connectivity index (χ2n) is 7.09. The summed E-state index contributed by atoms with van der Waals surface area (Å²) in [6.07, 6.45) is 1.85. The first-order valence-corrected chi connectivity index (χ1v) is 10.9. The first-order chi connectivity index (χ1) is 13.9. The van der Waals surface area contributed by atoms with Crippen LogP contribution in [0.5, 0.6) is 0 Å². The van der Waals surface area contributed by atoms with E-state index in [0.717, 1.165) is 29.8 Å². The van der Waals surface area contributed by atoms with Gasteiger partial charge in [-0.1, -0.05) is 18.2 Å². The van der Waals surface area contributed by atoms with Gasteiger partial charge in [-0.2, -0.15) is 4.31 Å². The van der Waals surface area contributed by atoms with Crippen LogP contribution in [-0.2, 0) is 16.4 Å². The number of nitrogens with zero attached hydrogens (tertiary/aromatic N) is 2. The van der Waals surface area contributed by atoms with Crippen LogP contribution in [-0.4, -0.2) is 24.3 Å². The Morgan fingerprint density at radius 1 is 0.966 bits per heavy atom. The smallest absolute Gasteiger partial charge is 0.243 e. The van der Waals surface area contributed by atoms with Crippen molar-refractivity contribution >= 4 is 10.0 Å². The van der Waals surface area contributed by atoms with Gasteiger partial charge in [0, 0.05) is 18.7 Å². The third-order valence-electron chi connectivity index (χ3n) is 5.07. The van der Waals surface area contributed by atoms with Gasteiger partial charge >= 0.3 is 0 Å². The number of pyridine rings is 1. The molecule has 0 bridgehead atoms. The van der Waals surface area contributed by atoms with Crippen molar-refractivity contribution in [3.8, 4) is 0 Å². The molecule has 150 valence electrons. The van der Waals surface area contributed by atoms with Crippen LogP contribution in [0, 0.1) is 11.6 Å². The molecule has 1 atom stereocenters. The molecule has 2 aromatic carbocycles. The molecule has 1 saturated heterocycles. The Bertz CT molecular complexity index is 1120. The fraction of sp³-hybridized carbons (Fsp3) is 0.227. The van der Waals surface area contributed by atoms with E-state index in [1.165, 1.54) is 28.6 Å². The third kappa shape index (κ3) is 4.21. The van der Waals surface area contributed by atoms with Crippen molar-refractivity contribution < 1.29 is 17.2 Å². The Hall–Kier alpha value is -2.64. The number of hydrogen-bond donors (Lipinski definition) is 0. The van der Waals surface area contributed by atoms with E-state index in [1.54, 1.807) is 6.07 Å². The van der Waals surface area contributed by atoms with Crippen LogP contribution < -0.4 is 0 Å². The fourth-order valence-corrected chi connectivity index (χ4v) is 5.37. The Labute approximate surface area is 168 Å². The standard InChI is InChI=1S/C22H20F2N2O2S/c23-17-9-11-20(12-10-17)29(27,28)26-13-3-8-22(26)21-7-2-6-19(25-21)15-16-4-1-5-18(24)14-16/h1-2,4-7,9-12,14,22H,3,8,13,15H2/t22-/m1/s1. The lowest BCUT2D eigenvalue weighted by atomic mass is 10.1. The SMILES string of the molecule is O=S(=O)(c1ccc(F)cc1)N1CCC[C@@H]1c1cccc(Cc2cccc(F)c2)n1. The number of rotatable bonds is 5. The van der Waals surface area contributed by atoms with Crippen molar-refractivity contribution in [1.82, 2.24) is 9.29 Å². The van der Waals surface area contributed by atoms with Crippen LogP contribution in [0.1, 0.15) is 35.8 Å². The predicted molar refractivity (Wildman–Crippen MR) is 106 cm³/mol. The zero-order valence-corrected chi connectivity index (χ0v) is 16.4. The highest BCUT2D eigenvalue weighted by Gasteiger charge is 2.37. The quantitative estimate of drug-likeness (QED) is 0.619. The number of sulfonamides is 1. The minimum atomic E-state index is -3.75. The van der Waals surface area contributed by atoms with Gasteiger partial charge < -0.3 is 0 Å². The van der Waals surface area contributed by atoms with Gasteiger partial charge in [0.25, 0.3) is 0 Å². The molecular formula is C22H20F2N2O2S. The van der Waals surface area contributed by atoms with Gasteiger partial charge in [-0.25, -0.2) is 17.2 Å². The van der Waals surface area contributed by atoms with Crippen molar-refractivity contribution in [2.24, 2.45) is 0 Å². The first kappa shape index (κ1) is 19.7. The maximum Gasteiger partial charge on any atom is 0.243 e. The summed E-state index contributed by atoms with van der Waals surface area (Å²) >= 11 is 0. The lowest BCUT2D eigenvalue weighted by Crippen LogP contribution is -2.31. The number of aromatic nitrogens is 1.